The van der Waals surface area contributed by atoms with E-state index in [0.29, 0.717) is 28.2 Å². The summed E-state index contributed by atoms with van der Waals surface area (Å²) in [6.45, 7) is 14.6. The first-order valence-electron chi connectivity index (χ1n) is 29.7. The molecule has 0 radical (unpaired) electrons. The largest absolute Gasteiger partial charge is 0.507 e. The number of para-hydroxylation sites is 1. The zero-order valence-electron chi connectivity index (χ0n) is 53.9. The van der Waals surface area contributed by atoms with Crippen molar-refractivity contribution in [3.63, 3.8) is 0 Å². The van der Waals surface area contributed by atoms with Crippen molar-refractivity contribution >= 4 is 11.0 Å². The van der Waals surface area contributed by atoms with Crippen molar-refractivity contribution in [1.82, 2.24) is 14.5 Å². The van der Waals surface area contributed by atoms with Crippen LogP contribution in [0.5, 0.6) is 5.75 Å². The monoisotopic (exact) mass is 899 g/mol. The third kappa shape index (κ3) is 9.12. The Labute approximate surface area is 419 Å². The molecule has 8 aromatic rings. The SMILES string of the molecule is [2H]c1c([2H])c(C(C([2H])([2H])[2H])(C([2H])([2H])[2H])C([2H])([2H])[2H])c([2H])c([2H])c1-c1ccnc(-c2cc(-c3cccc4c3nc(-c3cc(C(C)C)cc(C(C)C)c3O)n4-c3ccc(C(C)(C)C(C)(C)C)cc3-c3ccccc3)cc(C(C)(C)C)c2)c1. The summed E-state index contributed by atoms with van der Waals surface area (Å²) in [5.74, 6) is 0.837. The van der Waals surface area contributed by atoms with Gasteiger partial charge in [0.2, 0.25) is 0 Å². The van der Waals surface area contributed by atoms with Gasteiger partial charge < -0.3 is 5.11 Å². The van der Waals surface area contributed by atoms with Gasteiger partial charge in [0, 0.05) is 35.2 Å². The van der Waals surface area contributed by atoms with Crippen molar-refractivity contribution in [3.8, 4) is 67.5 Å². The van der Waals surface area contributed by atoms with Crippen molar-refractivity contribution in [3.05, 3.63) is 167 Å². The number of hydrogen-bond donors (Lipinski definition) is 1. The summed E-state index contributed by atoms with van der Waals surface area (Å²) < 4.78 is 113. The molecule has 1 N–H and O–H groups in total. The zero-order chi connectivity index (χ0) is 59.4. The number of phenolic OH excluding ortho intramolecular Hbond substituents is 1. The molecule has 0 saturated heterocycles. The molecule has 0 fully saturated rings. The van der Waals surface area contributed by atoms with Crippen LogP contribution in [0, 0.1) is 5.41 Å². The Kier molecular flexibility index (Phi) is 8.65. The molecule has 67 heavy (non-hydrogen) atoms. The van der Waals surface area contributed by atoms with Crippen LogP contribution < -0.4 is 0 Å². The Morgan fingerprint density at radius 2 is 1.27 bits per heavy atom. The van der Waals surface area contributed by atoms with Crippen LogP contribution in [0.4, 0.5) is 0 Å². The fourth-order valence-corrected chi connectivity index (χ4v) is 8.53. The number of imidazole rings is 1. The molecular weight excluding hydrogens is 815 g/mol. The molecule has 4 nitrogen and oxygen atoms in total. The lowest BCUT2D eigenvalue weighted by atomic mass is 9.65. The molecule has 2 heterocycles. The highest BCUT2D eigenvalue weighted by Crippen LogP contribution is 2.47. The summed E-state index contributed by atoms with van der Waals surface area (Å²) >= 11 is 0. The maximum Gasteiger partial charge on any atom is 0.149 e. The lowest BCUT2D eigenvalue weighted by Gasteiger charge is -2.40. The second-order valence-electron chi connectivity index (χ2n) is 21.2. The normalized spacial score (nSPS) is 16.1. The van der Waals surface area contributed by atoms with Crippen LogP contribution in [0.25, 0.3) is 72.7 Å². The average molecular weight is 899 g/mol. The van der Waals surface area contributed by atoms with Crippen molar-refractivity contribution in [2.45, 2.75) is 132 Å². The summed E-state index contributed by atoms with van der Waals surface area (Å²) in [5.41, 5.74) is 5.52. The van der Waals surface area contributed by atoms with Gasteiger partial charge in [0.1, 0.15) is 11.6 Å². The molecule has 0 aliphatic rings. The number of fused-ring (bicyclic) bond motifs is 1. The molecule has 0 atom stereocenters. The molecule has 344 valence electrons. The smallest absolute Gasteiger partial charge is 0.149 e. The summed E-state index contributed by atoms with van der Waals surface area (Å²) in [6, 6.07) is 32.5. The number of phenols is 1. The minimum Gasteiger partial charge on any atom is -0.507 e. The molecule has 0 amide bonds. The van der Waals surface area contributed by atoms with Gasteiger partial charge >= 0.3 is 0 Å². The van der Waals surface area contributed by atoms with Crippen molar-refractivity contribution in [1.29, 1.82) is 0 Å². The third-order valence-electron chi connectivity index (χ3n) is 13.7. The summed E-state index contributed by atoms with van der Waals surface area (Å²) in [7, 11) is 0. The number of aromatic hydroxyl groups is 1. The van der Waals surface area contributed by atoms with E-state index in [4.69, 9.17) is 25.0 Å². The molecule has 0 bridgehead atoms. The van der Waals surface area contributed by atoms with Gasteiger partial charge in [-0.05, 0) is 132 Å². The van der Waals surface area contributed by atoms with Crippen LogP contribution >= 0.6 is 0 Å². The van der Waals surface area contributed by atoms with Crippen molar-refractivity contribution in [2.24, 2.45) is 5.41 Å². The number of nitrogens with zero attached hydrogens (tertiary/aromatic N) is 3. The van der Waals surface area contributed by atoms with Crippen LogP contribution in [-0.4, -0.2) is 19.6 Å². The molecule has 0 spiro atoms. The van der Waals surface area contributed by atoms with Crippen LogP contribution in [0.15, 0.2) is 140 Å². The molecule has 0 unspecified atom stereocenters. The minimum absolute atomic E-state index is 0.00290. The Morgan fingerprint density at radius 3 is 1.91 bits per heavy atom. The predicted molar refractivity (Wildman–Crippen MR) is 286 cm³/mol. The number of aromatic nitrogens is 3. The second-order valence-corrected chi connectivity index (χ2v) is 21.2. The molecule has 6 aromatic carbocycles. The summed E-state index contributed by atoms with van der Waals surface area (Å²) in [5, 5.41) is 12.5. The fraction of sp³-hybridized carbons (Fsp3) is 0.333. The van der Waals surface area contributed by atoms with Gasteiger partial charge in [0.15, 0.2) is 0 Å². The highest BCUT2D eigenvalue weighted by Gasteiger charge is 2.35. The van der Waals surface area contributed by atoms with Gasteiger partial charge in [-0.3, -0.25) is 9.55 Å². The average Bonchev–Trinajstić information content (AvgIpc) is 2.90. The topological polar surface area (TPSA) is 50.9 Å². The minimum atomic E-state index is -3.81. The maximum atomic E-state index is 12.5. The molecule has 2 aromatic heterocycles. The van der Waals surface area contributed by atoms with Gasteiger partial charge in [-0.2, -0.15) is 0 Å². The summed E-state index contributed by atoms with van der Waals surface area (Å²) in [4.78, 5) is 10.4. The lowest BCUT2D eigenvalue weighted by Crippen LogP contribution is -2.34. The van der Waals surface area contributed by atoms with Gasteiger partial charge in [0.25, 0.3) is 0 Å². The Morgan fingerprint density at radius 1 is 0.567 bits per heavy atom. The Bertz CT molecular complexity index is 3620. The third-order valence-corrected chi connectivity index (χ3v) is 13.7. The van der Waals surface area contributed by atoms with Gasteiger partial charge in [-0.15, -0.1) is 0 Å². The highest BCUT2D eigenvalue weighted by atomic mass is 16.3. The quantitative estimate of drug-likeness (QED) is 0.157. The fourth-order valence-electron chi connectivity index (χ4n) is 8.53. The molecular formula is C63H71N3O. The molecule has 0 aliphatic carbocycles. The lowest BCUT2D eigenvalue weighted by molar-refractivity contribution is 0.225. The van der Waals surface area contributed by atoms with Gasteiger partial charge in [-0.25, -0.2) is 4.98 Å². The van der Waals surface area contributed by atoms with E-state index in [-0.39, 0.29) is 39.5 Å². The zero-order valence-corrected chi connectivity index (χ0v) is 40.9. The highest BCUT2D eigenvalue weighted by molar-refractivity contribution is 5.98. The van der Waals surface area contributed by atoms with E-state index in [1.807, 2.05) is 48.5 Å². The molecule has 0 aliphatic heterocycles. The summed E-state index contributed by atoms with van der Waals surface area (Å²) in [6.07, 6.45) is 1.45. The van der Waals surface area contributed by atoms with E-state index in [0.717, 1.165) is 50.1 Å². The van der Waals surface area contributed by atoms with Crippen LogP contribution in [0.2, 0.25) is 0 Å². The number of pyridine rings is 1. The van der Waals surface area contributed by atoms with Crippen molar-refractivity contribution in [2.75, 3.05) is 0 Å². The van der Waals surface area contributed by atoms with E-state index in [9.17, 15) is 7.85 Å². The number of benzene rings is 6. The van der Waals surface area contributed by atoms with E-state index >= 15 is 0 Å². The van der Waals surface area contributed by atoms with E-state index in [1.165, 1.54) is 17.8 Å². The van der Waals surface area contributed by atoms with Crippen LogP contribution in [-0.2, 0) is 16.2 Å². The maximum absolute atomic E-state index is 12.5. The van der Waals surface area contributed by atoms with Gasteiger partial charge in [-0.1, -0.05) is 188 Å². The molecule has 4 heteroatoms. The van der Waals surface area contributed by atoms with E-state index in [2.05, 4.69) is 136 Å². The first kappa shape index (κ1) is 33.3. The molecule has 0 saturated carbocycles. The van der Waals surface area contributed by atoms with E-state index < -0.39 is 61.1 Å². The van der Waals surface area contributed by atoms with Gasteiger partial charge in [0.05, 0.1) is 33.5 Å². The first-order valence-corrected chi connectivity index (χ1v) is 23.2. The predicted octanol–water partition coefficient (Wildman–Crippen LogP) is 17.6. The van der Waals surface area contributed by atoms with Crippen LogP contribution in [0.3, 0.4) is 0 Å². The first-order chi connectivity index (χ1) is 36.9. The second kappa shape index (κ2) is 17.4. The number of rotatable bonds is 9. The standard InChI is InChI=1S/C63H71N3O/c1-39(2)44-35-51(40(3)4)58(67)53(36-44)59-65-57-50(22-19-23-56(57)66(59)55-29-28-48(63(14,15)62(11,12)13)38-52(55)42-20-17-16-18-21-42)45-32-46(34-49(33-45)61(8,9)10)54-37-43(30-31-64-54)41-24-26-47(27-25-41)60(5,6)7/h16-40,67H,1-15H3/i5D3,6D3,7D3,24D,25D,26D,27D. The van der Waals surface area contributed by atoms with E-state index in [1.54, 1.807) is 6.07 Å². The van der Waals surface area contributed by atoms with Crippen LogP contribution in [0.1, 0.15) is 161 Å². The Hall–Kier alpha value is -6.26. The molecule has 8 rings (SSSR count). The number of hydrogen-bond acceptors (Lipinski definition) is 3. The van der Waals surface area contributed by atoms with Crippen molar-refractivity contribution < 1.29 is 22.9 Å². The Balaban J connectivity index is 1.42.